The standard InChI is InChI=1S/C28H38F3N11OS/c1-37-7-9-38(10-8-37)25(43)18-40-14-19(12-33-40)34-27-35-26-23(3-2-6-42(26)36-27)39-15-20-4-5-21(16-39)41(20)17-22-13-32-24(44-22)11-28(29,30)31/h2-3,6,13-14,20-21,27,33-34,36H,4-5,7-12,15-18H2,1H3. The van der Waals surface area contributed by atoms with Gasteiger partial charge >= 0.3 is 6.18 Å². The largest absolute Gasteiger partial charge is 0.395 e. The SMILES string of the molecule is CN1CCN(C(=O)CN2C=C(NC3N=C4C(N5CC6CCC(C5)N6Cc5cnc(CC(F)(F)F)s5)=CC=CN4N3)CN2)CC1. The van der Waals surface area contributed by atoms with Crippen molar-refractivity contribution < 1.29 is 18.0 Å². The van der Waals surface area contributed by atoms with E-state index in [1.807, 2.05) is 33.4 Å². The number of allylic oxidation sites excluding steroid dienone is 2. The third-order valence-corrected chi connectivity index (χ3v) is 9.97. The minimum Gasteiger partial charge on any atom is -0.365 e. The van der Waals surface area contributed by atoms with E-state index in [1.165, 1.54) is 11.3 Å². The zero-order valence-electron chi connectivity index (χ0n) is 24.6. The summed E-state index contributed by atoms with van der Waals surface area (Å²) < 4.78 is 38.4. The number of thiazole rings is 1. The Bertz CT molecular complexity index is 1350. The maximum atomic E-state index is 12.8. The van der Waals surface area contributed by atoms with Gasteiger partial charge in [0.2, 0.25) is 5.91 Å². The van der Waals surface area contributed by atoms with E-state index >= 15 is 0 Å². The summed E-state index contributed by atoms with van der Waals surface area (Å²) in [6, 6.07) is 0.639. The molecule has 7 heterocycles. The molecule has 16 heteroatoms. The van der Waals surface area contributed by atoms with Crippen molar-refractivity contribution in [3.8, 4) is 0 Å². The number of alkyl halides is 3. The van der Waals surface area contributed by atoms with Crippen LogP contribution in [0.25, 0.3) is 0 Å². The van der Waals surface area contributed by atoms with Gasteiger partial charge in [0.25, 0.3) is 0 Å². The number of nitrogens with one attached hydrogen (secondary N) is 3. The number of amides is 1. The fraction of sp³-hybridized carbons (Fsp3) is 0.607. The quantitative estimate of drug-likeness (QED) is 0.382. The van der Waals surface area contributed by atoms with E-state index in [-0.39, 0.29) is 23.7 Å². The van der Waals surface area contributed by atoms with Crippen LogP contribution < -0.4 is 16.2 Å². The van der Waals surface area contributed by atoms with Crippen LogP contribution in [0.4, 0.5) is 13.2 Å². The predicted octanol–water partition coefficient (Wildman–Crippen LogP) is 0.835. The first-order chi connectivity index (χ1) is 21.2. The lowest BCUT2D eigenvalue weighted by Crippen LogP contribution is -2.54. The highest BCUT2D eigenvalue weighted by Crippen LogP contribution is 2.35. The first kappa shape index (κ1) is 29.5. The minimum absolute atomic E-state index is 0.117. The number of likely N-dealkylation sites (N-methyl/N-ethyl adjacent to an activating group) is 1. The summed E-state index contributed by atoms with van der Waals surface area (Å²) in [5.41, 5.74) is 8.67. The van der Waals surface area contributed by atoms with Gasteiger partial charge in [-0.2, -0.15) is 18.6 Å². The van der Waals surface area contributed by atoms with E-state index in [0.29, 0.717) is 25.2 Å². The summed E-state index contributed by atoms with van der Waals surface area (Å²) in [4.78, 5) is 31.6. The number of nitrogens with zero attached hydrogens (tertiary/aromatic N) is 8. The molecule has 7 rings (SSSR count). The molecule has 3 unspecified atom stereocenters. The van der Waals surface area contributed by atoms with Crippen molar-refractivity contribution in [3.05, 3.63) is 52.0 Å². The third kappa shape index (κ3) is 6.44. The Morgan fingerprint density at radius 2 is 1.93 bits per heavy atom. The van der Waals surface area contributed by atoms with Gasteiger partial charge in [-0.1, -0.05) is 0 Å². The number of aromatic nitrogens is 1. The van der Waals surface area contributed by atoms with E-state index in [2.05, 4.69) is 49.0 Å². The van der Waals surface area contributed by atoms with Gasteiger partial charge in [-0.25, -0.2) is 15.4 Å². The lowest BCUT2D eigenvalue weighted by atomic mass is 10.1. The lowest BCUT2D eigenvalue weighted by Gasteiger charge is -2.43. The molecule has 0 radical (unpaired) electrons. The molecule has 2 bridgehead atoms. The van der Waals surface area contributed by atoms with Crippen LogP contribution in [0.5, 0.6) is 0 Å². The van der Waals surface area contributed by atoms with Crippen molar-refractivity contribution in [1.82, 2.24) is 50.8 Å². The highest BCUT2D eigenvalue weighted by atomic mass is 32.1. The first-order valence-corrected chi connectivity index (χ1v) is 16.0. The summed E-state index contributed by atoms with van der Waals surface area (Å²) in [5.74, 6) is 0.970. The van der Waals surface area contributed by atoms with Crippen molar-refractivity contribution in [2.75, 3.05) is 59.4 Å². The first-order valence-electron chi connectivity index (χ1n) is 15.1. The summed E-state index contributed by atoms with van der Waals surface area (Å²) in [6.45, 7) is 6.49. The van der Waals surface area contributed by atoms with E-state index in [9.17, 15) is 18.0 Å². The molecule has 0 aliphatic carbocycles. The van der Waals surface area contributed by atoms with Gasteiger partial charge in [-0.15, -0.1) is 11.3 Å². The third-order valence-electron chi connectivity index (χ3n) is 8.99. The van der Waals surface area contributed by atoms with Gasteiger partial charge in [0.05, 0.1) is 18.7 Å². The number of likely N-dealkylation sites (tertiary alicyclic amines) is 1. The van der Waals surface area contributed by atoms with Crippen LogP contribution >= 0.6 is 11.3 Å². The fourth-order valence-corrected chi connectivity index (χ4v) is 7.71. The second kappa shape index (κ2) is 12.0. The Kier molecular flexibility index (Phi) is 8.03. The molecule has 3 saturated heterocycles. The fourth-order valence-electron chi connectivity index (χ4n) is 6.75. The van der Waals surface area contributed by atoms with Crippen LogP contribution in [-0.2, 0) is 17.8 Å². The molecule has 238 valence electrons. The van der Waals surface area contributed by atoms with Crippen LogP contribution in [0.3, 0.4) is 0 Å². The molecule has 0 spiro atoms. The van der Waals surface area contributed by atoms with E-state index < -0.39 is 12.6 Å². The van der Waals surface area contributed by atoms with Crippen molar-refractivity contribution >= 4 is 23.1 Å². The topological polar surface area (TPSA) is 97.9 Å². The van der Waals surface area contributed by atoms with Crippen molar-refractivity contribution in [2.24, 2.45) is 4.99 Å². The monoisotopic (exact) mass is 633 g/mol. The molecule has 1 amide bonds. The maximum Gasteiger partial charge on any atom is 0.395 e. The molecular weight excluding hydrogens is 595 g/mol. The Morgan fingerprint density at radius 1 is 1.16 bits per heavy atom. The number of halogens is 3. The molecule has 0 aromatic carbocycles. The Morgan fingerprint density at radius 3 is 2.68 bits per heavy atom. The Labute approximate surface area is 258 Å². The van der Waals surface area contributed by atoms with E-state index in [0.717, 1.165) is 74.2 Å². The van der Waals surface area contributed by atoms with Crippen LogP contribution in [0.15, 0.2) is 47.1 Å². The number of carbonyl (C=O) groups excluding carboxylic acids is 1. The molecule has 12 nitrogen and oxygen atoms in total. The zero-order chi connectivity index (χ0) is 30.4. The molecule has 3 atom stereocenters. The number of carbonyl (C=O) groups is 1. The van der Waals surface area contributed by atoms with Gasteiger partial charge in [-0.3, -0.25) is 14.7 Å². The summed E-state index contributed by atoms with van der Waals surface area (Å²) in [6.07, 6.45) is 6.18. The summed E-state index contributed by atoms with van der Waals surface area (Å²) in [7, 11) is 2.07. The number of piperazine rings is 2. The zero-order valence-corrected chi connectivity index (χ0v) is 25.4. The molecule has 3 N–H and O–H groups in total. The van der Waals surface area contributed by atoms with Gasteiger partial charge in [0.1, 0.15) is 11.6 Å². The molecule has 6 aliphatic rings. The van der Waals surface area contributed by atoms with E-state index in [1.54, 1.807) is 6.20 Å². The highest BCUT2D eigenvalue weighted by molar-refractivity contribution is 7.11. The molecular formula is C28H38F3N11OS. The highest BCUT2D eigenvalue weighted by Gasteiger charge is 2.42. The summed E-state index contributed by atoms with van der Waals surface area (Å²) in [5, 5.41) is 7.36. The summed E-state index contributed by atoms with van der Waals surface area (Å²) >= 11 is 1.17. The number of hydrazine groups is 2. The number of hydrogen-bond acceptors (Lipinski definition) is 12. The normalized spacial score (nSPS) is 27.5. The second-order valence-corrected chi connectivity index (χ2v) is 13.4. The van der Waals surface area contributed by atoms with Crippen LogP contribution in [-0.4, -0.2) is 130 Å². The Balaban J connectivity index is 0.945. The predicted molar refractivity (Wildman–Crippen MR) is 159 cm³/mol. The number of amidine groups is 1. The van der Waals surface area contributed by atoms with Gasteiger partial charge < -0.3 is 25.0 Å². The smallest absolute Gasteiger partial charge is 0.365 e. The molecule has 44 heavy (non-hydrogen) atoms. The average molecular weight is 634 g/mol. The number of fused-ring (bicyclic) bond motifs is 3. The van der Waals surface area contributed by atoms with Crippen molar-refractivity contribution in [3.63, 3.8) is 0 Å². The number of aliphatic imine (C=N–C) groups is 1. The van der Waals surface area contributed by atoms with Crippen molar-refractivity contribution in [2.45, 2.75) is 50.4 Å². The molecule has 1 aromatic rings. The van der Waals surface area contributed by atoms with E-state index in [4.69, 9.17) is 4.99 Å². The van der Waals surface area contributed by atoms with Crippen LogP contribution in [0.2, 0.25) is 0 Å². The number of rotatable bonds is 8. The number of hydrogen-bond donors (Lipinski definition) is 3. The minimum atomic E-state index is -4.24. The van der Waals surface area contributed by atoms with Gasteiger partial charge in [-0.05, 0) is 32.0 Å². The molecule has 3 fully saturated rings. The van der Waals surface area contributed by atoms with Crippen molar-refractivity contribution in [1.29, 1.82) is 0 Å². The van der Waals surface area contributed by atoms with Gasteiger partial charge in [0, 0.05) is 87.1 Å². The van der Waals surface area contributed by atoms with Gasteiger partial charge in [0.15, 0.2) is 12.1 Å². The second-order valence-electron chi connectivity index (χ2n) is 12.2. The van der Waals surface area contributed by atoms with Crippen LogP contribution in [0, 0.1) is 0 Å². The molecule has 0 saturated carbocycles. The Hall–Kier alpha value is -3.18. The van der Waals surface area contributed by atoms with Crippen LogP contribution in [0.1, 0.15) is 22.7 Å². The molecule has 6 aliphatic heterocycles. The lowest BCUT2D eigenvalue weighted by molar-refractivity contribution is -0.133. The molecule has 1 aromatic heterocycles. The average Bonchev–Trinajstić information content (AvgIpc) is 3.75. The maximum absolute atomic E-state index is 12.8.